The smallest absolute Gasteiger partial charge is 0.0714 e. The summed E-state index contributed by atoms with van der Waals surface area (Å²) >= 11 is 0. The van der Waals surface area contributed by atoms with Crippen molar-refractivity contribution in [2.75, 3.05) is 10.2 Å². The van der Waals surface area contributed by atoms with Gasteiger partial charge in [-0.3, -0.25) is 0 Å². The van der Waals surface area contributed by atoms with E-state index in [0.717, 1.165) is 28.4 Å². The minimum Gasteiger partial charge on any atom is -0.354 e. The van der Waals surface area contributed by atoms with E-state index < -0.39 is 5.41 Å². The van der Waals surface area contributed by atoms with Crippen molar-refractivity contribution >= 4 is 50.0 Å². The minimum atomic E-state index is -0.495. The lowest BCUT2D eigenvalue weighted by molar-refractivity contribution is 0.768. The second kappa shape index (κ2) is 13.2. The summed E-state index contributed by atoms with van der Waals surface area (Å²) < 4.78 is 0. The molecule has 0 spiro atoms. The molecule has 0 bridgehead atoms. The van der Waals surface area contributed by atoms with Gasteiger partial charge in [0.1, 0.15) is 0 Å². The molecule has 2 nitrogen and oxygen atoms in total. The SMILES string of the molecule is c1ccc(C2(c3ccccc3)c3ccccc3-c3ccc(N(c4ccc(-c5ccc6c(c5)-c5cccc7cccc(c57)N6)cc4)c4cccc5ccccc45)cc32)cc1. The van der Waals surface area contributed by atoms with Crippen molar-refractivity contribution in [1.82, 2.24) is 0 Å². The predicted octanol–water partition coefficient (Wildman–Crippen LogP) is 15.2. The summed E-state index contributed by atoms with van der Waals surface area (Å²) in [7, 11) is 0. The maximum atomic E-state index is 3.70. The van der Waals surface area contributed by atoms with Crippen LogP contribution in [-0.4, -0.2) is 0 Å². The van der Waals surface area contributed by atoms with Gasteiger partial charge in [-0.1, -0.05) is 176 Å². The van der Waals surface area contributed by atoms with E-state index in [1.54, 1.807) is 0 Å². The van der Waals surface area contributed by atoms with Crippen LogP contribution < -0.4 is 10.2 Å². The number of hydrogen-bond donors (Lipinski definition) is 1. The van der Waals surface area contributed by atoms with Gasteiger partial charge in [-0.25, -0.2) is 0 Å². The minimum absolute atomic E-state index is 0.495. The van der Waals surface area contributed by atoms with Crippen molar-refractivity contribution < 1.29 is 0 Å². The molecule has 1 aliphatic heterocycles. The van der Waals surface area contributed by atoms with E-state index in [-0.39, 0.29) is 0 Å². The predicted molar refractivity (Wildman–Crippen MR) is 248 cm³/mol. The first-order valence-electron chi connectivity index (χ1n) is 20.4. The summed E-state index contributed by atoms with van der Waals surface area (Å²) in [5, 5.41) is 8.65. The topological polar surface area (TPSA) is 15.3 Å². The number of rotatable bonds is 6. The van der Waals surface area contributed by atoms with Gasteiger partial charge in [0.25, 0.3) is 0 Å². The van der Waals surface area contributed by atoms with Gasteiger partial charge in [0.15, 0.2) is 0 Å². The highest BCUT2D eigenvalue weighted by Crippen LogP contribution is 2.57. The van der Waals surface area contributed by atoms with E-state index in [1.165, 1.54) is 77.2 Å². The number of benzene rings is 10. The van der Waals surface area contributed by atoms with Crippen LogP contribution in [0.4, 0.5) is 28.4 Å². The van der Waals surface area contributed by atoms with Crippen LogP contribution >= 0.6 is 0 Å². The van der Waals surface area contributed by atoms with Crippen LogP contribution in [0.2, 0.25) is 0 Å². The normalized spacial score (nSPS) is 13.0. The van der Waals surface area contributed by atoms with Crippen LogP contribution in [0.1, 0.15) is 22.3 Å². The Morgan fingerprint density at radius 2 is 0.966 bits per heavy atom. The first-order chi connectivity index (χ1) is 29.3. The maximum absolute atomic E-state index is 3.70. The molecule has 1 heterocycles. The Kier molecular flexibility index (Phi) is 7.48. The highest BCUT2D eigenvalue weighted by atomic mass is 15.1. The van der Waals surface area contributed by atoms with Crippen LogP contribution in [0.25, 0.3) is 54.9 Å². The van der Waals surface area contributed by atoms with Crippen LogP contribution in [0.3, 0.4) is 0 Å². The molecular weight excluding hydrogens is 713 g/mol. The number of nitrogens with zero attached hydrogens (tertiary/aromatic N) is 1. The lowest BCUT2D eigenvalue weighted by Crippen LogP contribution is -2.28. The third-order valence-corrected chi connectivity index (χ3v) is 12.7. The first kappa shape index (κ1) is 33.5. The summed E-state index contributed by atoms with van der Waals surface area (Å²) in [5.41, 5.74) is 17.7. The second-order valence-corrected chi connectivity index (χ2v) is 15.7. The fraction of sp³-hybridized carbons (Fsp3) is 0.0175. The Morgan fingerprint density at radius 1 is 0.356 bits per heavy atom. The number of fused-ring (bicyclic) bond motifs is 6. The van der Waals surface area contributed by atoms with E-state index in [0.29, 0.717) is 0 Å². The molecule has 10 aromatic rings. The summed E-state index contributed by atoms with van der Waals surface area (Å²) in [6.07, 6.45) is 0. The monoisotopic (exact) mass is 750 g/mol. The van der Waals surface area contributed by atoms with Crippen molar-refractivity contribution in [2.24, 2.45) is 0 Å². The molecule has 0 unspecified atom stereocenters. The third-order valence-electron chi connectivity index (χ3n) is 12.7. The van der Waals surface area contributed by atoms with Gasteiger partial charge in [-0.05, 0) is 109 Å². The summed E-state index contributed by atoms with van der Waals surface area (Å²) in [4.78, 5) is 2.45. The van der Waals surface area contributed by atoms with Gasteiger partial charge in [-0.15, -0.1) is 0 Å². The quantitative estimate of drug-likeness (QED) is 0.182. The summed E-state index contributed by atoms with van der Waals surface area (Å²) in [6.45, 7) is 0. The molecule has 276 valence electrons. The fourth-order valence-corrected chi connectivity index (χ4v) is 10.1. The molecule has 59 heavy (non-hydrogen) atoms. The van der Waals surface area contributed by atoms with Crippen molar-refractivity contribution in [1.29, 1.82) is 0 Å². The molecular formula is C57H38N2. The van der Waals surface area contributed by atoms with Crippen molar-refractivity contribution in [3.8, 4) is 33.4 Å². The van der Waals surface area contributed by atoms with E-state index in [4.69, 9.17) is 0 Å². The van der Waals surface area contributed by atoms with Crippen molar-refractivity contribution in [2.45, 2.75) is 5.41 Å². The van der Waals surface area contributed by atoms with Gasteiger partial charge in [-0.2, -0.15) is 0 Å². The number of anilines is 5. The Hall–Kier alpha value is -7.68. The Balaban J connectivity index is 1.04. The highest BCUT2D eigenvalue weighted by Gasteiger charge is 2.46. The van der Waals surface area contributed by atoms with E-state index in [9.17, 15) is 0 Å². The zero-order chi connectivity index (χ0) is 38.9. The Labute approximate surface area is 344 Å². The molecule has 0 amide bonds. The second-order valence-electron chi connectivity index (χ2n) is 15.7. The van der Waals surface area contributed by atoms with Gasteiger partial charge < -0.3 is 10.2 Å². The highest BCUT2D eigenvalue weighted by molar-refractivity contribution is 6.11. The molecule has 2 aliphatic rings. The van der Waals surface area contributed by atoms with Crippen LogP contribution in [0.5, 0.6) is 0 Å². The summed E-state index contributed by atoms with van der Waals surface area (Å²) in [5.74, 6) is 0. The number of nitrogens with one attached hydrogen (secondary N) is 1. The zero-order valence-electron chi connectivity index (χ0n) is 32.3. The summed E-state index contributed by atoms with van der Waals surface area (Å²) in [6, 6.07) is 82.6. The van der Waals surface area contributed by atoms with Gasteiger partial charge in [0.05, 0.1) is 11.1 Å². The Morgan fingerprint density at radius 3 is 1.78 bits per heavy atom. The maximum Gasteiger partial charge on any atom is 0.0714 e. The fourth-order valence-electron chi connectivity index (χ4n) is 10.1. The van der Waals surface area contributed by atoms with E-state index in [2.05, 4.69) is 235 Å². The van der Waals surface area contributed by atoms with Crippen molar-refractivity contribution in [3.63, 3.8) is 0 Å². The molecule has 2 heteroatoms. The van der Waals surface area contributed by atoms with Gasteiger partial charge in [0.2, 0.25) is 0 Å². The molecule has 0 fully saturated rings. The lowest BCUT2D eigenvalue weighted by Gasteiger charge is -2.35. The third kappa shape index (κ3) is 5.06. The van der Waals surface area contributed by atoms with E-state index >= 15 is 0 Å². The molecule has 10 aromatic carbocycles. The first-order valence-corrected chi connectivity index (χ1v) is 20.4. The van der Waals surface area contributed by atoms with Gasteiger partial charge >= 0.3 is 0 Å². The zero-order valence-corrected chi connectivity index (χ0v) is 32.3. The molecule has 0 saturated heterocycles. The molecule has 1 N–H and O–H groups in total. The van der Waals surface area contributed by atoms with Crippen LogP contribution in [0, 0.1) is 0 Å². The molecule has 0 saturated carbocycles. The largest absolute Gasteiger partial charge is 0.354 e. The van der Waals surface area contributed by atoms with Crippen molar-refractivity contribution in [3.05, 3.63) is 247 Å². The van der Waals surface area contributed by atoms with Gasteiger partial charge in [0, 0.05) is 39.1 Å². The van der Waals surface area contributed by atoms with E-state index in [1.807, 2.05) is 0 Å². The molecule has 0 aromatic heterocycles. The average Bonchev–Trinajstić information content (AvgIpc) is 3.60. The molecule has 1 aliphatic carbocycles. The lowest BCUT2D eigenvalue weighted by atomic mass is 9.67. The van der Waals surface area contributed by atoms with Crippen LogP contribution in [0.15, 0.2) is 224 Å². The number of hydrogen-bond acceptors (Lipinski definition) is 2. The molecule has 0 atom stereocenters. The van der Waals surface area contributed by atoms with Crippen LogP contribution in [-0.2, 0) is 5.41 Å². The Bertz CT molecular complexity index is 3190. The molecule has 12 rings (SSSR count). The standard InChI is InChI=1S/C57H38N2/c1-3-18-42(19-4-1)57(43-20-5-2-6-21-43)51-25-10-9-23-47(51)48-34-33-45(37-52(48)57)59(55-27-13-15-39-14-7-8-22-46(39)55)44-31-28-38(29-32-44)41-30-35-53-50(36-41)49-24-11-16-40-17-12-26-54(58-53)56(40)49/h1-37,58H. The average molecular weight is 751 g/mol. The molecule has 0 radical (unpaired) electrons.